The Morgan fingerprint density at radius 1 is 1.11 bits per heavy atom. The van der Waals surface area contributed by atoms with E-state index in [-0.39, 0.29) is 0 Å². The first-order valence-electron chi connectivity index (χ1n) is 3.16. The number of alkyl halides is 2. The Bertz CT molecular complexity index is 114. The normalized spacial score (nSPS) is 49.3. The molecule has 1 saturated heterocycles. The number of hydrogen-bond acceptors (Lipinski definition) is 1. The molecule has 1 fully saturated rings. The highest BCUT2D eigenvalue weighted by molar-refractivity contribution is 6.36. The van der Waals surface area contributed by atoms with Gasteiger partial charge in [-0.25, -0.2) is 0 Å². The molecule has 0 N–H and O–H groups in total. The zero-order valence-corrected chi connectivity index (χ0v) is 7.09. The number of hydrogen-bond donors (Lipinski definition) is 0. The summed E-state index contributed by atoms with van der Waals surface area (Å²) in [6.45, 7) is 3.93. The van der Waals surface area contributed by atoms with Crippen LogP contribution in [-0.4, -0.2) is 10.1 Å². The van der Waals surface area contributed by atoms with Crippen LogP contribution in [0.2, 0.25) is 0 Å². The van der Waals surface area contributed by atoms with Crippen LogP contribution in [0.1, 0.15) is 26.7 Å². The molecule has 2 atom stereocenters. The molecule has 54 valence electrons. The predicted molar refractivity (Wildman–Crippen MR) is 38.8 cm³/mol. The Labute approximate surface area is 65.3 Å². The predicted octanol–water partition coefficient (Wildman–Crippen LogP) is 2.71. The summed E-state index contributed by atoms with van der Waals surface area (Å²) in [7, 11) is 0. The lowest BCUT2D eigenvalue weighted by atomic mass is 10.2. The minimum Gasteiger partial charge on any atom is -0.329 e. The van der Waals surface area contributed by atoms with Crippen molar-refractivity contribution in [3.63, 3.8) is 0 Å². The van der Waals surface area contributed by atoms with Crippen LogP contribution in [0.4, 0.5) is 0 Å². The maximum atomic E-state index is 5.88. The van der Waals surface area contributed by atoms with Crippen LogP contribution in [0.15, 0.2) is 0 Å². The molecule has 1 rings (SSSR count). The molecular weight excluding hydrogens is 159 g/mol. The van der Waals surface area contributed by atoms with Crippen molar-refractivity contribution in [1.29, 1.82) is 0 Å². The molecule has 0 saturated carbocycles. The molecule has 9 heavy (non-hydrogen) atoms. The number of epoxide rings is 1. The molecule has 0 unspecified atom stereocenters. The van der Waals surface area contributed by atoms with Crippen molar-refractivity contribution in [2.75, 3.05) is 0 Å². The van der Waals surface area contributed by atoms with Crippen LogP contribution in [0, 0.1) is 0 Å². The molecule has 0 aliphatic carbocycles. The van der Waals surface area contributed by atoms with Gasteiger partial charge in [0.1, 0.15) is 0 Å². The van der Waals surface area contributed by atoms with Crippen molar-refractivity contribution in [3.8, 4) is 0 Å². The molecule has 0 bridgehead atoms. The van der Waals surface area contributed by atoms with Gasteiger partial charge in [-0.15, -0.1) is 0 Å². The van der Waals surface area contributed by atoms with Crippen LogP contribution < -0.4 is 0 Å². The molecule has 0 amide bonds. The SMILES string of the molecule is CC[C@]1(Cl)O[C@@]1(Cl)CC. The number of halogens is 2. The summed E-state index contributed by atoms with van der Waals surface area (Å²) in [6.07, 6.45) is 1.54. The summed E-state index contributed by atoms with van der Waals surface area (Å²) in [5.74, 6) is 0. The highest BCUT2D eigenvalue weighted by Crippen LogP contribution is 2.58. The van der Waals surface area contributed by atoms with Crippen LogP contribution in [0.25, 0.3) is 0 Å². The quantitative estimate of drug-likeness (QED) is 0.457. The van der Waals surface area contributed by atoms with E-state index in [0.717, 1.165) is 12.8 Å². The van der Waals surface area contributed by atoms with E-state index >= 15 is 0 Å². The number of ether oxygens (including phenoxy) is 1. The third-order valence-corrected chi connectivity index (χ3v) is 3.14. The van der Waals surface area contributed by atoms with Gasteiger partial charge in [0.2, 0.25) is 0 Å². The summed E-state index contributed by atoms with van der Waals surface area (Å²) < 4.78 is 5.12. The van der Waals surface area contributed by atoms with E-state index in [1.54, 1.807) is 0 Å². The molecule has 1 aliphatic heterocycles. The molecule has 0 aromatic heterocycles. The average molecular weight is 169 g/mol. The first-order chi connectivity index (χ1) is 4.08. The van der Waals surface area contributed by atoms with Crippen LogP contribution >= 0.6 is 23.2 Å². The summed E-state index contributed by atoms with van der Waals surface area (Å²) in [5.41, 5.74) is 0. The van der Waals surface area contributed by atoms with Crippen LogP contribution in [0.3, 0.4) is 0 Å². The van der Waals surface area contributed by atoms with Gasteiger partial charge in [-0.1, -0.05) is 37.0 Å². The van der Waals surface area contributed by atoms with Crippen molar-refractivity contribution < 1.29 is 4.74 Å². The first-order valence-corrected chi connectivity index (χ1v) is 3.91. The van der Waals surface area contributed by atoms with E-state index in [1.807, 2.05) is 13.8 Å². The highest BCUT2D eigenvalue weighted by Gasteiger charge is 2.66. The maximum absolute atomic E-state index is 5.88. The molecule has 1 heterocycles. The summed E-state index contributed by atoms with van der Waals surface area (Å²) in [6, 6.07) is 0. The van der Waals surface area contributed by atoms with Gasteiger partial charge in [0.15, 0.2) is 10.1 Å². The second-order valence-electron chi connectivity index (χ2n) is 2.27. The van der Waals surface area contributed by atoms with E-state index < -0.39 is 10.1 Å². The molecule has 3 heteroatoms. The van der Waals surface area contributed by atoms with Gasteiger partial charge >= 0.3 is 0 Å². The Morgan fingerprint density at radius 3 is 1.56 bits per heavy atom. The topological polar surface area (TPSA) is 12.5 Å². The molecule has 0 spiro atoms. The minimum absolute atomic E-state index is 0.566. The fourth-order valence-electron chi connectivity index (χ4n) is 0.903. The lowest BCUT2D eigenvalue weighted by molar-refractivity contribution is 0.328. The van der Waals surface area contributed by atoms with Gasteiger partial charge in [0.25, 0.3) is 0 Å². The third-order valence-electron chi connectivity index (χ3n) is 1.75. The monoisotopic (exact) mass is 168 g/mol. The average Bonchev–Trinajstić information content (AvgIpc) is 2.39. The van der Waals surface area contributed by atoms with Crippen molar-refractivity contribution in [1.82, 2.24) is 0 Å². The Hall–Kier alpha value is 0.540. The van der Waals surface area contributed by atoms with Crippen molar-refractivity contribution >= 4 is 23.2 Å². The van der Waals surface area contributed by atoms with Gasteiger partial charge < -0.3 is 4.74 Å². The molecule has 0 aromatic rings. The standard InChI is InChI=1S/C6H10Cl2O/c1-3-5(7)6(8,4-2)9-5/h3-4H2,1-2H3/t5-,6-/m0/s1. The second-order valence-corrected chi connectivity index (χ2v) is 3.49. The maximum Gasteiger partial charge on any atom is 0.186 e. The zero-order valence-electron chi connectivity index (χ0n) is 5.58. The van der Waals surface area contributed by atoms with Crippen molar-refractivity contribution in [3.05, 3.63) is 0 Å². The molecule has 0 aromatic carbocycles. The van der Waals surface area contributed by atoms with Gasteiger partial charge in [-0.3, -0.25) is 0 Å². The molecule has 0 radical (unpaired) electrons. The van der Waals surface area contributed by atoms with Crippen LogP contribution in [0.5, 0.6) is 0 Å². The van der Waals surface area contributed by atoms with E-state index in [9.17, 15) is 0 Å². The van der Waals surface area contributed by atoms with E-state index in [0.29, 0.717) is 0 Å². The fourth-order valence-corrected chi connectivity index (χ4v) is 1.47. The summed E-state index contributed by atoms with van der Waals surface area (Å²) in [5, 5.41) is -1.13. The zero-order chi connectivity index (χ0) is 7.12. The summed E-state index contributed by atoms with van der Waals surface area (Å²) >= 11 is 11.8. The van der Waals surface area contributed by atoms with E-state index in [1.165, 1.54) is 0 Å². The molecule has 1 aliphatic rings. The summed E-state index contributed by atoms with van der Waals surface area (Å²) in [4.78, 5) is 0. The lowest BCUT2D eigenvalue weighted by Gasteiger charge is -2.01. The van der Waals surface area contributed by atoms with Gasteiger partial charge in [-0.05, 0) is 12.8 Å². The van der Waals surface area contributed by atoms with Crippen molar-refractivity contribution in [2.45, 2.75) is 36.8 Å². The van der Waals surface area contributed by atoms with Gasteiger partial charge in [0, 0.05) is 0 Å². The third kappa shape index (κ3) is 0.957. The van der Waals surface area contributed by atoms with Crippen molar-refractivity contribution in [2.24, 2.45) is 0 Å². The molecular formula is C6H10Cl2O. The first kappa shape index (κ1) is 7.64. The van der Waals surface area contributed by atoms with Crippen LogP contribution in [-0.2, 0) is 4.74 Å². The highest BCUT2D eigenvalue weighted by atomic mass is 35.5. The Kier molecular flexibility index (Phi) is 1.71. The van der Waals surface area contributed by atoms with E-state index in [2.05, 4.69) is 0 Å². The second kappa shape index (κ2) is 2.01. The minimum atomic E-state index is -0.566. The van der Waals surface area contributed by atoms with Gasteiger partial charge in [0.05, 0.1) is 0 Å². The lowest BCUT2D eigenvalue weighted by Crippen LogP contribution is -2.11. The largest absolute Gasteiger partial charge is 0.329 e. The Balaban J connectivity index is 2.54. The molecule has 1 nitrogen and oxygen atoms in total. The smallest absolute Gasteiger partial charge is 0.186 e. The van der Waals surface area contributed by atoms with E-state index in [4.69, 9.17) is 27.9 Å². The van der Waals surface area contributed by atoms with Gasteiger partial charge in [-0.2, -0.15) is 0 Å². The Morgan fingerprint density at radius 2 is 1.44 bits per heavy atom. The fraction of sp³-hybridized carbons (Fsp3) is 1.00. The number of rotatable bonds is 2.